The fraction of sp³-hybridized carbons (Fsp3) is 0.600. The van der Waals surface area contributed by atoms with E-state index < -0.39 is 0 Å². The molecule has 0 saturated carbocycles. The summed E-state index contributed by atoms with van der Waals surface area (Å²) in [6.07, 6.45) is 5.17. The van der Waals surface area contributed by atoms with E-state index in [2.05, 4.69) is 24.3 Å². The number of thioether (sulfide) groups is 1. The van der Waals surface area contributed by atoms with Crippen LogP contribution in [0.5, 0.6) is 0 Å². The Hall–Kier alpha value is -0.510. The molecule has 2 N–H and O–H groups in total. The Bertz CT molecular complexity index is 344. The zero-order valence-electron chi connectivity index (χ0n) is 11.1. The van der Waals surface area contributed by atoms with Gasteiger partial charge in [-0.05, 0) is 50.3 Å². The van der Waals surface area contributed by atoms with Gasteiger partial charge in [-0.15, -0.1) is 11.8 Å². The molecule has 3 heteroatoms. The van der Waals surface area contributed by atoms with Gasteiger partial charge in [0.15, 0.2) is 0 Å². The zero-order chi connectivity index (χ0) is 12.8. The van der Waals surface area contributed by atoms with Crippen LogP contribution < -0.4 is 5.73 Å². The van der Waals surface area contributed by atoms with E-state index in [1.54, 1.807) is 0 Å². The van der Waals surface area contributed by atoms with Crippen molar-refractivity contribution < 1.29 is 4.74 Å². The van der Waals surface area contributed by atoms with Crippen molar-refractivity contribution in [2.24, 2.45) is 5.73 Å². The third kappa shape index (κ3) is 4.63. The van der Waals surface area contributed by atoms with Crippen LogP contribution in [0.1, 0.15) is 31.7 Å². The first-order valence-corrected chi connectivity index (χ1v) is 7.81. The first-order chi connectivity index (χ1) is 8.74. The molecular formula is C15H23NOS. The molecular weight excluding hydrogens is 242 g/mol. The molecule has 0 amide bonds. The average molecular weight is 265 g/mol. The quantitative estimate of drug-likeness (QED) is 0.830. The molecule has 1 heterocycles. The van der Waals surface area contributed by atoms with Gasteiger partial charge in [-0.3, -0.25) is 0 Å². The van der Waals surface area contributed by atoms with Gasteiger partial charge >= 0.3 is 0 Å². The summed E-state index contributed by atoms with van der Waals surface area (Å²) in [5.74, 6) is 1.08. The van der Waals surface area contributed by atoms with Crippen molar-refractivity contribution in [3.63, 3.8) is 0 Å². The van der Waals surface area contributed by atoms with Gasteiger partial charge in [0.2, 0.25) is 0 Å². The van der Waals surface area contributed by atoms with Crippen molar-refractivity contribution in [1.82, 2.24) is 0 Å². The fourth-order valence-corrected chi connectivity index (χ4v) is 3.19. The minimum Gasteiger partial charge on any atom is -0.377 e. The minimum absolute atomic E-state index is 0.235. The lowest BCUT2D eigenvalue weighted by molar-refractivity contribution is 0.0315. The second kappa shape index (κ2) is 7.17. The summed E-state index contributed by atoms with van der Waals surface area (Å²) in [7, 11) is 0. The van der Waals surface area contributed by atoms with E-state index in [0.717, 1.165) is 18.8 Å². The van der Waals surface area contributed by atoms with Crippen LogP contribution in [-0.2, 0) is 11.2 Å². The van der Waals surface area contributed by atoms with E-state index in [-0.39, 0.29) is 6.04 Å². The zero-order valence-corrected chi connectivity index (χ0v) is 11.9. The van der Waals surface area contributed by atoms with Gasteiger partial charge < -0.3 is 10.5 Å². The maximum atomic E-state index is 5.80. The van der Waals surface area contributed by atoms with Gasteiger partial charge in [0.1, 0.15) is 0 Å². The van der Waals surface area contributed by atoms with Gasteiger partial charge in [-0.2, -0.15) is 0 Å². The summed E-state index contributed by atoms with van der Waals surface area (Å²) in [4.78, 5) is 1.33. The molecule has 1 saturated heterocycles. The first kappa shape index (κ1) is 13.9. The Kier molecular flexibility index (Phi) is 5.54. The van der Waals surface area contributed by atoms with Gasteiger partial charge in [-0.1, -0.05) is 12.1 Å². The van der Waals surface area contributed by atoms with Gasteiger partial charge in [0.05, 0.1) is 6.10 Å². The van der Waals surface area contributed by atoms with Crippen molar-refractivity contribution >= 4 is 11.8 Å². The van der Waals surface area contributed by atoms with Crippen LogP contribution in [-0.4, -0.2) is 24.5 Å². The molecule has 0 bridgehead atoms. The van der Waals surface area contributed by atoms with E-state index >= 15 is 0 Å². The number of hydrogen-bond acceptors (Lipinski definition) is 3. The topological polar surface area (TPSA) is 35.2 Å². The van der Waals surface area contributed by atoms with Crippen LogP contribution in [0.3, 0.4) is 0 Å². The largest absolute Gasteiger partial charge is 0.377 e. The van der Waals surface area contributed by atoms with Crippen LogP contribution in [0.4, 0.5) is 0 Å². The van der Waals surface area contributed by atoms with Gasteiger partial charge in [0, 0.05) is 23.3 Å². The molecule has 0 spiro atoms. The number of nitrogens with two attached hydrogens (primary N) is 1. The molecule has 0 aromatic heterocycles. The molecule has 1 aliphatic heterocycles. The van der Waals surface area contributed by atoms with Crippen LogP contribution in [0.15, 0.2) is 29.2 Å². The van der Waals surface area contributed by atoms with Gasteiger partial charge in [0.25, 0.3) is 0 Å². The molecule has 0 radical (unpaired) electrons. The summed E-state index contributed by atoms with van der Waals surface area (Å²) in [5, 5.41) is 0. The summed E-state index contributed by atoms with van der Waals surface area (Å²) >= 11 is 1.90. The van der Waals surface area contributed by atoms with E-state index in [0.29, 0.717) is 6.10 Å². The second-order valence-electron chi connectivity index (χ2n) is 5.12. The average Bonchev–Trinajstić information content (AvgIpc) is 2.38. The maximum absolute atomic E-state index is 5.80. The highest BCUT2D eigenvalue weighted by atomic mass is 32.2. The molecule has 100 valence electrons. The molecule has 2 nitrogen and oxygen atoms in total. The first-order valence-electron chi connectivity index (χ1n) is 6.83. The predicted molar refractivity (Wildman–Crippen MR) is 78.1 cm³/mol. The van der Waals surface area contributed by atoms with E-state index in [1.807, 2.05) is 18.7 Å². The maximum Gasteiger partial charge on any atom is 0.0669 e. The summed E-state index contributed by atoms with van der Waals surface area (Å²) in [5.41, 5.74) is 7.12. The van der Waals surface area contributed by atoms with Crippen LogP contribution in [0.2, 0.25) is 0 Å². The molecule has 1 aromatic rings. The summed E-state index contributed by atoms with van der Waals surface area (Å²) in [6, 6.07) is 9.01. The Morgan fingerprint density at radius 1 is 1.33 bits per heavy atom. The second-order valence-corrected chi connectivity index (χ2v) is 6.22. The Morgan fingerprint density at radius 3 is 2.72 bits per heavy atom. The van der Waals surface area contributed by atoms with Crippen molar-refractivity contribution in [3.05, 3.63) is 29.8 Å². The fourth-order valence-electron chi connectivity index (χ4n) is 2.22. The van der Waals surface area contributed by atoms with Crippen LogP contribution in [0.25, 0.3) is 0 Å². The molecule has 0 aliphatic carbocycles. The lowest BCUT2D eigenvalue weighted by Crippen LogP contribution is -2.21. The number of ether oxygens (including phenoxy) is 1. The van der Waals surface area contributed by atoms with Crippen molar-refractivity contribution in [2.45, 2.75) is 49.6 Å². The Labute approximate surface area is 114 Å². The highest BCUT2D eigenvalue weighted by Crippen LogP contribution is 2.24. The SMILES string of the molecule is CC(N)Cc1ccc(SCC2CCCCO2)cc1. The van der Waals surface area contributed by atoms with E-state index in [9.17, 15) is 0 Å². The number of benzene rings is 1. The molecule has 1 fully saturated rings. The van der Waals surface area contributed by atoms with Crippen LogP contribution >= 0.6 is 11.8 Å². The summed E-state index contributed by atoms with van der Waals surface area (Å²) < 4.78 is 5.74. The molecule has 1 aliphatic rings. The third-order valence-corrected chi connectivity index (χ3v) is 4.33. The van der Waals surface area contributed by atoms with Crippen molar-refractivity contribution in [1.29, 1.82) is 0 Å². The normalized spacial score (nSPS) is 21.8. The van der Waals surface area contributed by atoms with Gasteiger partial charge in [-0.25, -0.2) is 0 Å². The lowest BCUT2D eigenvalue weighted by Gasteiger charge is -2.22. The Morgan fingerprint density at radius 2 is 2.11 bits per heavy atom. The minimum atomic E-state index is 0.235. The molecule has 2 unspecified atom stereocenters. The molecule has 18 heavy (non-hydrogen) atoms. The number of rotatable bonds is 5. The highest BCUT2D eigenvalue weighted by Gasteiger charge is 2.13. The van der Waals surface area contributed by atoms with Crippen molar-refractivity contribution in [3.8, 4) is 0 Å². The van der Waals surface area contributed by atoms with E-state index in [4.69, 9.17) is 10.5 Å². The monoisotopic (exact) mass is 265 g/mol. The molecule has 1 aromatic carbocycles. The molecule has 2 atom stereocenters. The lowest BCUT2D eigenvalue weighted by atomic mass is 10.1. The summed E-state index contributed by atoms with van der Waals surface area (Å²) in [6.45, 7) is 2.99. The molecule has 2 rings (SSSR count). The van der Waals surface area contributed by atoms with E-state index in [1.165, 1.54) is 29.7 Å². The predicted octanol–water partition coefficient (Wildman–Crippen LogP) is 3.24. The third-order valence-electron chi connectivity index (χ3n) is 3.19. The van der Waals surface area contributed by atoms with Crippen LogP contribution in [0, 0.1) is 0 Å². The Balaban J connectivity index is 1.78. The smallest absolute Gasteiger partial charge is 0.0669 e. The number of hydrogen-bond donors (Lipinski definition) is 1. The van der Waals surface area contributed by atoms with Crippen molar-refractivity contribution in [2.75, 3.05) is 12.4 Å². The highest BCUT2D eigenvalue weighted by molar-refractivity contribution is 7.99. The standard InChI is InChI=1S/C15H23NOS/c1-12(16)10-13-5-7-15(8-6-13)18-11-14-4-2-3-9-17-14/h5-8,12,14H,2-4,9-11,16H2,1H3.